The number of rotatable bonds is 3. The Morgan fingerprint density at radius 1 is 1.44 bits per heavy atom. The number of aromatic nitrogens is 2. The topological polar surface area (TPSA) is 60.2 Å². The van der Waals surface area contributed by atoms with Crippen molar-refractivity contribution < 1.29 is 9.26 Å². The molecule has 5 heteroatoms. The van der Waals surface area contributed by atoms with Crippen molar-refractivity contribution in [2.75, 3.05) is 13.7 Å². The van der Waals surface area contributed by atoms with Crippen LogP contribution in [-0.4, -0.2) is 29.9 Å². The molecule has 1 saturated heterocycles. The van der Waals surface area contributed by atoms with E-state index < -0.39 is 0 Å². The van der Waals surface area contributed by atoms with Crippen molar-refractivity contribution in [3.8, 4) is 0 Å². The van der Waals surface area contributed by atoms with Crippen LogP contribution in [0.3, 0.4) is 0 Å². The third-order valence-electron chi connectivity index (χ3n) is 3.65. The highest BCUT2D eigenvalue weighted by molar-refractivity contribution is 5.03. The van der Waals surface area contributed by atoms with E-state index in [9.17, 15) is 0 Å². The summed E-state index contributed by atoms with van der Waals surface area (Å²) in [4.78, 5) is 4.49. The van der Waals surface area contributed by atoms with E-state index >= 15 is 0 Å². The summed E-state index contributed by atoms with van der Waals surface area (Å²) in [5.74, 6) is 2.16. The molecule has 1 saturated carbocycles. The van der Waals surface area contributed by atoms with Crippen LogP contribution in [0.25, 0.3) is 0 Å². The van der Waals surface area contributed by atoms with E-state index in [4.69, 9.17) is 9.26 Å². The van der Waals surface area contributed by atoms with Gasteiger partial charge in [-0.05, 0) is 19.3 Å². The lowest BCUT2D eigenvalue weighted by Gasteiger charge is -2.21. The van der Waals surface area contributed by atoms with Crippen LogP contribution >= 0.6 is 0 Å². The van der Waals surface area contributed by atoms with Gasteiger partial charge in [0.15, 0.2) is 5.82 Å². The van der Waals surface area contributed by atoms with Crippen LogP contribution in [0.2, 0.25) is 0 Å². The first-order valence-corrected chi connectivity index (χ1v) is 5.96. The van der Waals surface area contributed by atoms with Crippen LogP contribution in [0, 0.1) is 0 Å². The fourth-order valence-electron chi connectivity index (χ4n) is 2.29. The molecule has 2 fully saturated rings. The lowest BCUT2D eigenvalue weighted by molar-refractivity contribution is 0.116. The van der Waals surface area contributed by atoms with Gasteiger partial charge in [0.1, 0.15) is 0 Å². The summed E-state index contributed by atoms with van der Waals surface area (Å²) in [6.45, 7) is 0.863. The molecule has 1 aliphatic carbocycles. The Labute approximate surface area is 94.6 Å². The highest BCUT2D eigenvalue weighted by atomic mass is 16.5. The average Bonchev–Trinajstić information content (AvgIpc) is 2.81. The van der Waals surface area contributed by atoms with Crippen molar-refractivity contribution in [2.45, 2.75) is 43.7 Å². The van der Waals surface area contributed by atoms with Gasteiger partial charge >= 0.3 is 0 Å². The van der Waals surface area contributed by atoms with E-state index in [0.29, 0.717) is 5.92 Å². The average molecular weight is 223 g/mol. The van der Waals surface area contributed by atoms with E-state index in [-0.39, 0.29) is 12.1 Å². The van der Waals surface area contributed by atoms with Crippen LogP contribution in [-0.2, 0) is 4.74 Å². The Morgan fingerprint density at radius 3 is 2.94 bits per heavy atom. The van der Waals surface area contributed by atoms with E-state index in [1.54, 1.807) is 7.11 Å². The summed E-state index contributed by atoms with van der Waals surface area (Å²) in [5, 5.41) is 7.41. The lowest BCUT2D eigenvalue weighted by Crippen LogP contribution is -2.16. The van der Waals surface area contributed by atoms with Crippen LogP contribution < -0.4 is 5.32 Å². The maximum atomic E-state index is 5.32. The minimum atomic E-state index is 0.172. The second kappa shape index (κ2) is 4.14. The monoisotopic (exact) mass is 223 g/mol. The molecule has 0 aromatic carbocycles. The largest absolute Gasteiger partial charge is 0.380 e. The molecule has 16 heavy (non-hydrogen) atoms. The number of nitrogens with one attached hydrogen (secondary N) is 1. The third kappa shape index (κ3) is 1.74. The van der Waals surface area contributed by atoms with Gasteiger partial charge in [-0.1, -0.05) is 11.6 Å². The molecular weight excluding hydrogens is 206 g/mol. The quantitative estimate of drug-likeness (QED) is 0.839. The first kappa shape index (κ1) is 10.2. The van der Waals surface area contributed by atoms with Gasteiger partial charge in [-0.2, -0.15) is 4.98 Å². The molecule has 5 nitrogen and oxygen atoms in total. The van der Waals surface area contributed by atoms with Gasteiger partial charge in [-0.3, -0.25) is 0 Å². The maximum absolute atomic E-state index is 5.32. The zero-order chi connectivity index (χ0) is 11.0. The van der Waals surface area contributed by atoms with Crippen molar-refractivity contribution in [3.05, 3.63) is 11.7 Å². The summed E-state index contributed by atoms with van der Waals surface area (Å²) in [6.07, 6.45) is 4.89. The second-order valence-electron chi connectivity index (χ2n) is 4.67. The molecule has 0 radical (unpaired) electrons. The van der Waals surface area contributed by atoms with Crippen molar-refractivity contribution >= 4 is 0 Å². The smallest absolute Gasteiger partial charge is 0.243 e. The molecule has 1 aliphatic heterocycles. The Bertz CT molecular complexity index is 362. The molecule has 2 atom stereocenters. The Morgan fingerprint density at radius 2 is 2.31 bits per heavy atom. The molecule has 2 heterocycles. The number of hydrogen-bond acceptors (Lipinski definition) is 5. The number of ether oxygens (including phenoxy) is 1. The summed E-state index contributed by atoms with van der Waals surface area (Å²) in [7, 11) is 1.74. The molecule has 1 aromatic rings. The summed E-state index contributed by atoms with van der Waals surface area (Å²) >= 11 is 0. The van der Waals surface area contributed by atoms with Crippen molar-refractivity contribution in [3.63, 3.8) is 0 Å². The molecular formula is C11H17N3O2. The van der Waals surface area contributed by atoms with Crippen LogP contribution in [0.4, 0.5) is 0 Å². The van der Waals surface area contributed by atoms with E-state index in [0.717, 1.165) is 24.7 Å². The van der Waals surface area contributed by atoms with Gasteiger partial charge in [-0.25, -0.2) is 0 Å². The van der Waals surface area contributed by atoms with Crippen molar-refractivity contribution in [2.24, 2.45) is 0 Å². The van der Waals surface area contributed by atoms with E-state index in [1.165, 1.54) is 19.3 Å². The van der Waals surface area contributed by atoms with E-state index in [2.05, 4.69) is 15.5 Å². The molecule has 88 valence electrons. The number of hydrogen-bond donors (Lipinski definition) is 1. The third-order valence-corrected chi connectivity index (χ3v) is 3.65. The fourth-order valence-corrected chi connectivity index (χ4v) is 2.29. The van der Waals surface area contributed by atoms with Gasteiger partial charge in [-0.15, -0.1) is 0 Å². The number of methoxy groups -OCH3 is 1. The van der Waals surface area contributed by atoms with Gasteiger partial charge in [0, 0.05) is 19.6 Å². The molecule has 2 unspecified atom stereocenters. The first-order valence-electron chi connectivity index (χ1n) is 5.96. The predicted octanol–water partition coefficient (Wildman–Crippen LogP) is 1.39. The minimum absolute atomic E-state index is 0.172. The maximum Gasteiger partial charge on any atom is 0.243 e. The molecule has 0 spiro atoms. The summed E-state index contributed by atoms with van der Waals surface area (Å²) in [6, 6.07) is 0.172. The Balaban J connectivity index is 1.68. The SMILES string of the molecule is COC1CNC(c2nc(C3CCC3)no2)C1. The molecule has 3 rings (SSSR count). The Kier molecular flexibility index (Phi) is 2.65. The zero-order valence-corrected chi connectivity index (χ0v) is 9.48. The van der Waals surface area contributed by atoms with Crippen molar-refractivity contribution in [1.82, 2.24) is 15.5 Å². The highest BCUT2D eigenvalue weighted by Crippen LogP contribution is 2.35. The zero-order valence-electron chi connectivity index (χ0n) is 9.48. The molecule has 1 N–H and O–H groups in total. The van der Waals surface area contributed by atoms with Gasteiger partial charge in [0.25, 0.3) is 0 Å². The molecule has 1 aromatic heterocycles. The van der Waals surface area contributed by atoms with Crippen LogP contribution in [0.5, 0.6) is 0 Å². The van der Waals surface area contributed by atoms with Gasteiger partial charge in [0.2, 0.25) is 5.89 Å². The predicted molar refractivity (Wildman–Crippen MR) is 57.0 cm³/mol. The molecule has 2 aliphatic rings. The normalized spacial score (nSPS) is 30.6. The highest BCUT2D eigenvalue weighted by Gasteiger charge is 2.31. The molecule has 0 amide bonds. The number of nitrogens with zero attached hydrogens (tertiary/aromatic N) is 2. The molecule has 0 bridgehead atoms. The first-order chi connectivity index (χ1) is 7.86. The summed E-state index contributed by atoms with van der Waals surface area (Å²) < 4.78 is 10.6. The van der Waals surface area contributed by atoms with Crippen LogP contribution in [0.15, 0.2) is 4.52 Å². The second-order valence-corrected chi connectivity index (χ2v) is 4.67. The van der Waals surface area contributed by atoms with E-state index in [1.807, 2.05) is 0 Å². The standard InChI is InChI=1S/C11H17N3O2/c1-15-8-5-9(12-6-8)11-13-10(14-16-11)7-3-2-4-7/h7-9,12H,2-6H2,1H3. The van der Waals surface area contributed by atoms with Crippen LogP contribution in [0.1, 0.15) is 49.4 Å². The fraction of sp³-hybridized carbons (Fsp3) is 0.818. The lowest BCUT2D eigenvalue weighted by atomic mass is 9.85. The Hall–Kier alpha value is -0.940. The van der Waals surface area contributed by atoms with Gasteiger partial charge in [0.05, 0.1) is 12.1 Å². The van der Waals surface area contributed by atoms with Crippen molar-refractivity contribution in [1.29, 1.82) is 0 Å². The summed E-state index contributed by atoms with van der Waals surface area (Å²) in [5.41, 5.74) is 0. The minimum Gasteiger partial charge on any atom is -0.380 e. The van der Waals surface area contributed by atoms with Gasteiger partial charge < -0.3 is 14.6 Å².